The summed E-state index contributed by atoms with van der Waals surface area (Å²) in [6, 6.07) is 7.66. The van der Waals surface area contributed by atoms with Crippen LogP contribution in [-0.4, -0.2) is 23.9 Å². The van der Waals surface area contributed by atoms with Gasteiger partial charge in [-0.1, -0.05) is 66.6 Å². The predicted octanol–water partition coefficient (Wildman–Crippen LogP) is 5.59. The molecule has 6 nitrogen and oxygen atoms in total. The number of esters is 1. The van der Waals surface area contributed by atoms with E-state index in [1.807, 2.05) is 31.2 Å². The number of nitrogens with zero attached hydrogens (tertiary/aromatic N) is 1. The molecule has 2 N–H and O–H groups in total. The van der Waals surface area contributed by atoms with Gasteiger partial charge in [0, 0.05) is 29.9 Å². The van der Waals surface area contributed by atoms with Gasteiger partial charge >= 0.3 is 11.9 Å². The molecule has 0 amide bonds. The Morgan fingerprint density at radius 3 is 2.44 bits per heavy atom. The van der Waals surface area contributed by atoms with E-state index in [2.05, 4.69) is 31.2 Å². The topological polar surface area (TPSA) is 91.0 Å². The van der Waals surface area contributed by atoms with Crippen LogP contribution in [0.3, 0.4) is 0 Å². The summed E-state index contributed by atoms with van der Waals surface area (Å²) in [5.74, 6) is 1.17. The molecule has 0 saturated heterocycles. The lowest BCUT2D eigenvalue weighted by Crippen LogP contribution is -2.50. The van der Waals surface area contributed by atoms with Gasteiger partial charge in [-0.05, 0) is 68.6 Å². The number of rotatable bonds is 4. The molecular weight excluding hydrogens is 452 g/mol. The normalized spacial score (nSPS) is 35.5. The Morgan fingerprint density at radius 2 is 1.72 bits per heavy atom. The van der Waals surface area contributed by atoms with E-state index in [1.54, 1.807) is 0 Å². The Balaban J connectivity index is 1.30. The number of ether oxygens (including phenoxy) is 1. The molecule has 1 aromatic rings. The van der Waals surface area contributed by atoms with Crippen LogP contribution in [0.4, 0.5) is 0 Å². The van der Waals surface area contributed by atoms with Crippen molar-refractivity contribution in [3.05, 3.63) is 58.7 Å². The maximum atomic E-state index is 13.2. The molecule has 6 heteroatoms. The van der Waals surface area contributed by atoms with Gasteiger partial charge in [0.15, 0.2) is 5.84 Å². The van der Waals surface area contributed by atoms with E-state index >= 15 is 0 Å². The molecule has 2 saturated carbocycles. The van der Waals surface area contributed by atoms with Crippen molar-refractivity contribution < 1.29 is 19.2 Å². The minimum atomic E-state index is -0.381. The minimum absolute atomic E-state index is 0.00894. The van der Waals surface area contributed by atoms with Crippen molar-refractivity contribution in [3.8, 4) is 0 Å². The van der Waals surface area contributed by atoms with Crippen LogP contribution in [0, 0.1) is 35.5 Å². The van der Waals surface area contributed by atoms with Crippen LogP contribution in [0.1, 0.15) is 76.8 Å². The van der Waals surface area contributed by atoms with Crippen molar-refractivity contribution in [1.29, 1.82) is 0 Å². The third-order valence-corrected chi connectivity index (χ3v) is 9.77. The first kappa shape index (κ1) is 24.8. The number of benzene rings is 1. The standard InChI is InChI=1S/C30H38N2O4/c1-18-5-7-20(8-6-18)27(31)32-36-28(34)26-12-11-24-23-10-9-21-17-22(35-19(2)33)13-15-29(21,3)25(23)14-16-30(24,26)4/h5-9,12,22-25H,10-11,13-17H2,1-4H3,(H2,31,32)/t22-,23-,24-,25-,29-,30-/m0/s1. The fourth-order valence-electron chi connectivity index (χ4n) is 7.76. The summed E-state index contributed by atoms with van der Waals surface area (Å²) in [7, 11) is 0. The van der Waals surface area contributed by atoms with Crippen molar-refractivity contribution in [3.63, 3.8) is 0 Å². The van der Waals surface area contributed by atoms with E-state index in [1.165, 1.54) is 12.5 Å². The number of nitrogens with two attached hydrogens (primary N) is 1. The first-order valence-electron chi connectivity index (χ1n) is 13.3. The van der Waals surface area contributed by atoms with Crippen molar-refractivity contribution in [2.75, 3.05) is 0 Å². The molecule has 0 radical (unpaired) electrons. The van der Waals surface area contributed by atoms with Gasteiger partial charge in [0.05, 0.1) is 0 Å². The van der Waals surface area contributed by atoms with Crippen LogP contribution in [-0.2, 0) is 19.2 Å². The molecule has 0 spiro atoms. The van der Waals surface area contributed by atoms with Crippen molar-refractivity contribution >= 4 is 17.8 Å². The summed E-state index contributed by atoms with van der Waals surface area (Å²) in [4.78, 5) is 30.0. The van der Waals surface area contributed by atoms with Crippen molar-refractivity contribution in [1.82, 2.24) is 0 Å². The molecule has 1 aromatic carbocycles. The van der Waals surface area contributed by atoms with Crippen LogP contribution >= 0.6 is 0 Å². The number of allylic oxidation sites excluding steroid dienone is 2. The fraction of sp³-hybridized carbons (Fsp3) is 0.567. The van der Waals surface area contributed by atoms with Crippen LogP contribution in [0.25, 0.3) is 0 Å². The lowest BCUT2D eigenvalue weighted by Gasteiger charge is -2.57. The Morgan fingerprint density at radius 1 is 1.00 bits per heavy atom. The molecule has 36 heavy (non-hydrogen) atoms. The average Bonchev–Trinajstić information content (AvgIpc) is 3.20. The first-order chi connectivity index (χ1) is 17.1. The van der Waals surface area contributed by atoms with E-state index in [-0.39, 0.29) is 34.7 Å². The van der Waals surface area contributed by atoms with Gasteiger partial charge in [0.25, 0.3) is 0 Å². The Kier molecular flexibility index (Phi) is 6.34. The highest BCUT2D eigenvalue weighted by Gasteiger charge is 2.58. The zero-order chi connectivity index (χ0) is 25.7. The van der Waals surface area contributed by atoms with E-state index in [0.29, 0.717) is 17.8 Å². The van der Waals surface area contributed by atoms with Crippen molar-refractivity contribution in [2.24, 2.45) is 39.5 Å². The largest absolute Gasteiger partial charge is 0.462 e. The lowest BCUT2D eigenvalue weighted by atomic mass is 9.47. The highest BCUT2D eigenvalue weighted by Crippen LogP contribution is 2.65. The summed E-state index contributed by atoms with van der Waals surface area (Å²) in [6.07, 6.45) is 11.3. The summed E-state index contributed by atoms with van der Waals surface area (Å²) in [5.41, 5.74) is 10.1. The molecule has 0 aliphatic heterocycles. The van der Waals surface area contributed by atoms with E-state index in [9.17, 15) is 9.59 Å². The molecule has 0 aromatic heterocycles. The summed E-state index contributed by atoms with van der Waals surface area (Å²) in [6.45, 7) is 8.16. The molecule has 0 bridgehead atoms. The highest BCUT2D eigenvalue weighted by atomic mass is 16.7. The van der Waals surface area contributed by atoms with Gasteiger partial charge in [0.1, 0.15) is 6.10 Å². The van der Waals surface area contributed by atoms with Gasteiger partial charge in [0.2, 0.25) is 0 Å². The maximum absolute atomic E-state index is 13.2. The second-order valence-corrected chi connectivity index (χ2v) is 11.8. The van der Waals surface area contributed by atoms with Gasteiger partial charge in [-0.2, -0.15) is 0 Å². The molecule has 2 fully saturated rings. The smallest absolute Gasteiger partial charge is 0.362 e. The van der Waals surface area contributed by atoms with Crippen LogP contribution in [0.15, 0.2) is 52.7 Å². The molecule has 192 valence electrons. The number of carbonyl (C=O) groups is 2. The SMILES string of the molecule is CC(=O)O[C@H]1CC[C@@]2(C)C(=CC[C@@H]3[C@@H]2CC[C@]2(C)C(C(=O)O/N=C(\N)c4ccc(C)cc4)=CC[C@@H]32)C1. The van der Waals surface area contributed by atoms with Crippen molar-refractivity contribution in [2.45, 2.75) is 78.7 Å². The Hall–Kier alpha value is -2.89. The summed E-state index contributed by atoms with van der Waals surface area (Å²) < 4.78 is 5.56. The van der Waals surface area contributed by atoms with Crippen LogP contribution in [0.5, 0.6) is 0 Å². The number of hydrogen-bond donors (Lipinski definition) is 1. The van der Waals surface area contributed by atoms with Crippen LogP contribution in [0.2, 0.25) is 0 Å². The molecule has 5 rings (SSSR count). The zero-order valence-corrected chi connectivity index (χ0v) is 21.9. The predicted molar refractivity (Wildman–Crippen MR) is 139 cm³/mol. The van der Waals surface area contributed by atoms with Gasteiger partial charge in [-0.3, -0.25) is 4.79 Å². The molecular formula is C30H38N2O4. The molecule has 0 unspecified atom stereocenters. The Labute approximate surface area is 214 Å². The fourth-order valence-corrected chi connectivity index (χ4v) is 7.76. The number of carbonyl (C=O) groups excluding carboxylic acids is 2. The third kappa shape index (κ3) is 4.18. The minimum Gasteiger partial charge on any atom is -0.462 e. The van der Waals surface area contributed by atoms with E-state index in [4.69, 9.17) is 15.3 Å². The summed E-state index contributed by atoms with van der Waals surface area (Å²) in [5, 5.41) is 3.97. The number of amidine groups is 1. The second kappa shape index (κ2) is 9.20. The average molecular weight is 491 g/mol. The quantitative estimate of drug-likeness (QED) is 0.148. The number of oxime groups is 1. The van der Waals surface area contributed by atoms with Gasteiger partial charge in [-0.15, -0.1) is 0 Å². The van der Waals surface area contributed by atoms with Gasteiger partial charge in [-0.25, -0.2) is 4.79 Å². The number of aryl methyl sites for hydroxylation is 1. The van der Waals surface area contributed by atoms with Crippen LogP contribution < -0.4 is 5.73 Å². The third-order valence-electron chi connectivity index (χ3n) is 9.77. The number of fused-ring (bicyclic) bond motifs is 5. The second-order valence-electron chi connectivity index (χ2n) is 11.8. The maximum Gasteiger partial charge on any atom is 0.362 e. The zero-order valence-electron chi connectivity index (χ0n) is 21.9. The number of hydrogen-bond acceptors (Lipinski definition) is 5. The highest BCUT2D eigenvalue weighted by molar-refractivity contribution is 5.98. The molecule has 4 aliphatic carbocycles. The van der Waals surface area contributed by atoms with E-state index < -0.39 is 0 Å². The van der Waals surface area contributed by atoms with Gasteiger partial charge < -0.3 is 15.3 Å². The lowest BCUT2D eigenvalue weighted by molar-refractivity contribution is -0.149. The van der Waals surface area contributed by atoms with E-state index in [0.717, 1.165) is 61.6 Å². The monoisotopic (exact) mass is 490 g/mol. The molecule has 4 aliphatic rings. The summed E-state index contributed by atoms with van der Waals surface area (Å²) >= 11 is 0. The first-order valence-corrected chi connectivity index (χ1v) is 13.3. The Bertz CT molecular complexity index is 1150. The molecule has 6 atom stereocenters. The molecule has 0 heterocycles.